The Bertz CT molecular complexity index is 950. The first kappa shape index (κ1) is 38.8. The Balaban J connectivity index is 1.39. The van der Waals surface area contributed by atoms with Crippen LogP contribution in [0.2, 0.25) is 0 Å². The zero-order valence-corrected chi connectivity index (χ0v) is 30.3. The minimum Gasteiger partial charge on any atom is -0.330 e. The van der Waals surface area contributed by atoms with Crippen LogP contribution in [-0.4, -0.2) is 52.7 Å². The lowest BCUT2D eigenvalue weighted by Gasteiger charge is -2.55. The monoisotopic (exact) mass is 642 g/mol. The summed E-state index contributed by atoms with van der Waals surface area (Å²) in [5, 5.41) is 0. The maximum atomic E-state index is 13.9. The normalized spacial score (nSPS) is 25.6. The van der Waals surface area contributed by atoms with Gasteiger partial charge in [-0.25, -0.2) is 4.79 Å². The number of hydrogen-bond acceptors (Lipinski definition) is 4. The van der Waals surface area contributed by atoms with Gasteiger partial charge in [0.2, 0.25) is 0 Å². The fourth-order valence-electron chi connectivity index (χ4n) is 9.03. The van der Waals surface area contributed by atoms with E-state index in [0.29, 0.717) is 37.6 Å². The molecule has 2 bridgehead atoms. The van der Waals surface area contributed by atoms with Crippen molar-refractivity contribution in [1.29, 1.82) is 0 Å². The number of rotatable bonds is 25. The van der Waals surface area contributed by atoms with Gasteiger partial charge in [-0.05, 0) is 94.4 Å². The topological polar surface area (TPSA) is 83.7 Å². The van der Waals surface area contributed by atoms with Crippen molar-refractivity contribution in [2.45, 2.75) is 187 Å². The van der Waals surface area contributed by atoms with Gasteiger partial charge in [-0.15, -0.1) is 0 Å². The van der Waals surface area contributed by atoms with Crippen molar-refractivity contribution < 1.29 is 14.4 Å². The third-order valence-electron chi connectivity index (χ3n) is 11.6. The number of Topliss-reactive ketones (excluding diaryl/α,β-unsaturated/α-hetero) is 1. The molecule has 0 aromatic carbocycles. The summed E-state index contributed by atoms with van der Waals surface area (Å²) in [5.41, 5.74) is 5.66. The number of carbonyl (C=O) groups is 3. The average molecular weight is 642 g/mol. The van der Waals surface area contributed by atoms with Crippen molar-refractivity contribution in [1.82, 2.24) is 9.80 Å². The Morgan fingerprint density at radius 1 is 0.913 bits per heavy atom. The third kappa shape index (κ3) is 12.4. The summed E-state index contributed by atoms with van der Waals surface area (Å²) in [7, 11) is 0. The molecule has 46 heavy (non-hydrogen) atoms. The molecule has 0 aromatic rings. The van der Waals surface area contributed by atoms with Crippen LogP contribution in [0.4, 0.5) is 4.79 Å². The molecule has 3 fully saturated rings. The summed E-state index contributed by atoms with van der Waals surface area (Å²) in [6.45, 7) is 8.21. The summed E-state index contributed by atoms with van der Waals surface area (Å²) >= 11 is 0. The molecule has 1 heterocycles. The molecule has 0 aromatic heterocycles. The van der Waals surface area contributed by atoms with Crippen molar-refractivity contribution in [2.24, 2.45) is 23.0 Å². The van der Waals surface area contributed by atoms with Crippen molar-refractivity contribution in [3.63, 3.8) is 0 Å². The molecule has 1 aliphatic heterocycles. The Labute approximate surface area is 283 Å². The number of amides is 3. The first-order valence-electron chi connectivity index (χ1n) is 19.7. The van der Waals surface area contributed by atoms with Gasteiger partial charge in [0, 0.05) is 19.4 Å². The van der Waals surface area contributed by atoms with E-state index in [-0.39, 0.29) is 35.4 Å². The third-order valence-corrected chi connectivity index (χ3v) is 11.6. The van der Waals surface area contributed by atoms with E-state index in [1.54, 1.807) is 9.80 Å². The van der Waals surface area contributed by atoms with E-state index in [2.05, 4.69) is 32.9 Å². The number of nitrogens with two attached hydrogens (primary N) is 1. The number of urea groups is 1. The molecule has 2 saturated carbocycles. The van der Waals surface area contributed by atoms with E-state index in [1.165, 1.54) is 83.5 Å². The van der Waals surface area contributed by atoms with E-state index in [1.807, 2.05) is 0 Å². The highest BCUT2D eigenvalue weighted by Gasteiger charge is 2.56. The number of ketones is 1. The molecule has 3 aliphatic rings. The molecule has 6 nitrogen and oxygen atoms in total. The second kappa shape index (κ2) is 20.6. The summed E-state index contributed by atoms with van der Waals surface area (Å²) in [6.07, 6.45) is 32.4. The molecule has 3 rings (SSSR count). The fourth-order valence-corrected chi connectivity index (χ4v) is 9.03. The molecule has 2 aliphatic carbocycles. The number of fused-ring (bicyclic) bond motifs is 2. The van der Waals surface area contributed by atoms with Crippen LogP contribution in [0.1, 0.15) is 181 Å². The van der Waals surface area contributed by atoms with Crippen molar-refractivity contribution in [3.05, 3.63) is 12.2 Å². The molecule has 0 spiro atoms. The van der Waals surface area contributed by atoms with E-state index in [9.17, 15) is 14.4 Å². The van der Waals surface area contributed by atoms with E-state index in [4.69, 9.17) is 5.73 Å². The highest BCUT2D eigenvalue weighted by Crippen LogP contribution is 2.55. The first-order valence-corrected chi connectivity index (χ1v) is 19.7. The number of carbonyl (C=O) groups excluding carboxylic acids is 3. The molecule has 6 heteroatoms. The van der Waals surface area contributed by atoms with Crippen molar-refractivity contribution in [3.8, 4) is 0 Å². The van der Waals surface area contributed by atoms with Gasteiger partial charge >= 0.3 is 6.03 Å². The number of allylic oxidation sites excluding steroid dienone is 2. The van der Waals surface area contributed by atoms with Gasteiger partial charge in [0.25, 0.3) is 5.91 Å². The molecule has 3 unspecified atom stereocenters. The minimum absolute atomic E-state index is 0.0219. The first-order chi connectivity index (χ1) is 22.3. The zero-order chi connectivity index (χ0) is 33.3. The molecule has 1 saturated heterocycles. The van der Waals surface area contributed by atoms with Crippen LogP contribution < -0.4 is 5.73 Å². The Kier molecular flexibility index (Phi) is 17.4. The highest BCUT2D eigenvalue weighted by molar-refractivity contribution is 6.03. The van der Waals surface area contributed by atoms with Gasteiger partial charge in [-0.1, -0.05) is 110 Å². The number of nitrogens with zero attached hydrogens (tertiary/aromatic N) is 2. The van der Waals surface area contributed by atoms with Crippen LogP contribution in [0.25, 0.3) is 0 Å². The summed E-state index contributed by atoms with van der Waals surface area (Å²) in [5.74, 6) is 0.999. The van der Waals surface area contributed by atoms with Gasteiger partial charge in [0.05, 0.1) is 5.54 Å². The quantitative estimate of drug-likeness (QED) is 0.0611. The van der Waals surface area contributed by atoms with Crippen LogP contribution in [0.5, 0.6) is 0 Å². The predicted molar refractivity (Wildman–Crippen MR) is 192 cm³/mol. The Hall–Kier alpha value is -1.69. The molecule has 4 atom stereocenters. The molecule has 2 N–H and O–H groups in total. The maximum absolute atomic E-state index is 13.9. The number of imide groups is 1. The average Bonchev–Trinajstić information content (AvgIpc) is 3.31. The number of unbranched alkanes of at least 4 members (excludes halogenated alkanes) is 12. The lowest BCUT2D eigenvalue weighted by molar-refractivity contribution is -0.135. The van der Waals surface area contributed by atoms with Gasteiger partial charge in [-0.3, -0.25) is 14.5 Å². The van der Waals surface area contributed by atoms with Gasteiger partial charge in [-0.2, -0.15) is 0 Å². The number of hydrogen-bond donors (Lipinski definition) is 1. The largest absolute Gasteiger partial charge is 0.330 e. The predicted octanol–water partition coefficient (Wildman–Crippen LogP) is 10.1. The Morgan fingerprint density at radius 2 is 1.59 bits per heavy atom. The Morgan fingerprint density at radius 3 is 2.26 bits per heavy atom. The van der Waals surface area contributed by atoms with Gasteiger partial charge in [0.1, 0.15) is 12.3 Å². The molecule has 3 amide bonds. The van der Waals surface area contributed by atoms with Crippen molar-refractivity contribution >= 4 is 17.7 Å². The van der Waals surface area contributed by atoms with E-state index in [0.717, 1.165) is 64.2 Å². The van der Waals surface area contributed by atoms with Crippen LogP contribution in [-0.2, 0) is 9.59 Å². The molecule has 0 radical (unpaired) electrons. The molecular weight excluding hydrogens is 570 g/mol. The van der Waals surface area contributed by atoms with Crippen LogP contribution in [0.3, 0.4) is 0 Å². The summed E-state index contributed by atoms with van der Waals surface area (Å²) in [6, 6.07) is -0.0977. The molecule has 264 valence electrons. The molecular formula is C40H71N3O3. The second-order valence-electron chi connectivity index (χ2n) is 15.9. The zero-order valence-electron chi connectivity index (χ0n) is 30.3. The van der Waals surface area contributed by atoms with Gasteiger partial charge in [0.15, 0.2) is 0 Å². The lowest BCUT2D eigenvalue weighted by atomic mass is 9.56. The van der Waals surface area contributed by atoms with Crippen LogP contribution in [0, 0.1) is 17.3 Å². The van der Waals surface area contributed by atoms with Crippen molar-refractivity contribution in [2.75, 3.05) is 19.6 Å². The van der Waals surface area contributed by atoms with E-state index < -0.39 is 0 Å². The lowest BCUT2D eigenvalue weighted by Crippen LogP contribution is -2.59. The van der Waals surface area contributed by atoms with E-state index >= 15 is 0 Å². The highest BCUT2D eigenvalue weighted by atomic mass is 16.2. The minimum atomic E-state index is -0.316. The summed E-state index contributed by atoms with van der Waals surface area (Å²) < 4.78 is 0. The smallest absolute Gasteiger partial charge is 0.327 e. The maximum Gasteiger partial charge on any atom is 0.327 e. The second-order valence-corrected chi connectivity index (χ2v) is 15.9. The van der Waals surface area contributed by atoms with Crippen LogP contribution >= 0.6 is 0 Å². The SMILES string of the molecule is CCCCCCCC/C=C/CCCCCCCC(=O)CC(CCCCN)CN1CC(=O)N(C23CCCC(C2)C[C@](C)(CC)C3)C1=O. The van der Waals surface area contributed by atoms with Gasteiger partial charge < -0.3 is 10.6 Å². The van der Waals surface area contributed by atoms with Crippen LogP contribution in [0.15, 0.2) is 12.2 Å². The summed E-state index contributed by atoms with van der Waals surface area (Å²) in [4.78, 5) is 44.0. The standard InChI is InChI=1S/C40H71N3O3/c1-4-6-7-8-9-10-11-12-13-14-15-16-17-18-19-25-36(44)28-34(23-20-21-27-41)31-42-32-37(45)43(38(42)46)40-26-22-24-35(30-40)29-39(3,5-2)33-40/h12-13,34-35H,4-11,14-33,41H2,1-3H3/b13-12+/t34?,35?,39-,40?/m0/s1. The fraction of sp³-hybridized carbons (Fsp3) is 0.875.